The van der Waals surface area contributed by atoms with E-state index in [0.29, 0.717) is 5.92 Å². The zero-order valence-corrected chi connectivity index (χ0v) is 12.9. The molecule has 1 saturated carbocycles. The Morgan fingerprint density at radius 3 is 2.95 bits per heavy atom. The van der Waals surface area contributed by atoms with Gasteiger partial charge in [-0.05, 0) is 36.9 Å². The summed E-state index contributed by atoms with van der Waals surface area (Å²) in [6, 6.07) is 9.76. The lowest BCUT2D eigenvalue weighted by Gasteiger charge is -2.37. The van der Waals surface area contributed by atoms with Gasteiger partial charge in [-0.25, -0.2) is 0 Å². The molecule has 3 atom stereocenters. The van der Waals surface area contributed by atoms with Crippen LogP contribution in [0.5, 0.6) is 0 Å². The number of benzene rings is 1. The first-order valence-electron chi connectivity index (χ1n) is 8.23. The van der Waals surface area contributed by atoms with Crippen LogP contribution in [-0.2, 0) is 6.54 Å². The standard InChI is InChI=1S/C18H28N2/c1-14-6-5-8-17(10-14)20(2)13-16-12-19-11-15-7-3-4-9-18(15)16/h3-4,7,9,14,16-17,19H,5-6,8,10-13H2,1-2H3. The van der Waals surface area contributed by atoms with E-state index >= 15 is 0 Å². The van der Waals surface area contributed by atoms with Gasteiger partial charge in [-0.1, -0.05) is 44.0 Å². The fourth-order valence-corrected chi connectivity index (χ4v) is 4.05. The van der Waals surface area contributed by atoms with Crippen molar-refractivity contribution >= 4 is 0 Å². The molecule has 0 amide bonds. The smallest absolute Gasteiger partial charge is 0.0208 e. The number of hydrogen-bond acceptors (Lipinski definition) is 2. The van der Waals surface area contributed by atoms with Crippen LogP contribution in [0.25, 0.3) is 0 Å². The summed E-state index contributed by atoms with van der Waals surface area (Å²) in [5.41, 5.74) is 3.07. The second-order valence-electron chi connectivity index (χ2n) is 6.89. The van der Waals surface area contributed by atoms with Crippen molar-refractivity contribution in [3.05, 3.63) is 35.4 Å². The summed E-state index contributed by atoms with van der Waals surface area (Å²) >= 11 is 0. The van der Waals surface area contributed by atoms with E-state index in [4.69, 9.17) is 0 Å². The quantitative estimate of drug-likeness (QED) is 0.907. The van der Waals surface area contributed by atoms with E-state index in [1.54, 1.807) is 5.56 Å². The van der Waals surface area contributed by atoms with Gasteiger partial charge in [-0.2, -0.15) is 0 Å². The monoisotopic (exact) mass is 272 g/mol. The van der Waals surface area contributed by atoms with Gasteiger partial charge in [-0.15, -0.1) is 0 Å². The van der Waals surface area contributed by atoms with Gasteiger partial charge in [0.2, 0.25) is 0 Å². The van der Waals surface area contributed by atoms with Crippen LogP contribution < -0.4 is 5.32 Å². The van der Waals surface area contributed by atoms with Gasteiger partial charge in [0.05, 0.1) is 0 Å². The maximum absolute atomic E-state index is 3.58. The fraction of sp³-hybridized carbons (Fsp3) is 0.667. The van der Waals surface area contributed by atoms with Crippen molar-refractivity contribution in [1.82, 2.24) is 10.2 Å². The molecule has 2 aliphatic rings. The van der Waals surface area contributed by atoms with Gasteiger partial charge in [0.15, 0.2) is 0 Å². The molecule has 1 fully saturated rings. The van der Waals surface area contributed by atoms with Crippen molar-refractivity contribution in [2.24, 2.45) is 5.92 Å². The first-order valence-corrected chi connectivity index (χ1v) is 8.23. The molecule has 20 heavy (non-hydrogen) atoms. The molecule has 1 aliphatic carbocycles. The molecule has 1 aromatic carbocycles. The lowest BCUT2D eigenvalue weighted by Crippen LogP contribution is -2.41. The number of rotatable bonds is 3. The minimum absolute atomic E-state index is 0.655. The molecule has 0 bridgehead atoms. The van der Waals surface area contributed by atoms with Crippen LogP contribution in [0, 0.1) is 5.92 Å². The predicted octanol–water partition coefficient (Wildman–Crippen LogP) is 3.38. The normalized spacial score (nSPS) is 30.2. The molecule has 3 rings (SSSR count). The third-order valence-electron chi connectivity index (χ3n) is 5.24. The molecule has 110 valence electrons. The SMILES string of the molecule is CC1CCCC(N(C)CC2CNCc3ccccc32)C1. The van der Waals surface area contributed by atoms with Crippen molar-refractivity contribution in [3.63, 3.8) is 0 Å². The molecular formula is C18H28N2. The van der Waals surface area contributed by atoms with Crippen LogP contribution in [0.3, 0.4) is 0 Å². The van der Waals surface area contributed by atoms with Crippen molar-refractivity contribution < 1.29 is 0 Å². The lowest BCUT2D eigenvalue weighted by molar-refractivity contribution is 0.154. The predicted molar refractivity (Wildman–Crippen MR) is 84.9 cm³/mol. The summed E-state index contributed by atoms with van der Waals surface area (Å²) in [7, 11) is 2.33. The van der Waals surface area contributed by atoms with Gasteiger partial charge >= 0.3 is 0 Å². The molecule has 2 nitrogen and oxygen atoms in total. The second-order valence-corrected chi connectivity index (χ2v) is 6.89. The molecule has 1 aliphatic heterocycles. The molecule has 3 unspecified atom stereocenters. The highest BCUT2D eigenvalue weighted by molar-refractivity contribution is 5.32. The first-order chi connectivity index (χ1) is 9.74. The summed E-state index contributed by atoms with van der Waals surface area (Å²) in [5.74, 6) is 1.56. The van der Waals surface area contributed by atoms with E-state index in [1.807, 2.05) is 0 Å². The molecule has 2 heteroatoms. The number of hydrogen-bond donors (Lipinski definition) is 1. The Morgan fingerprint density at radius 1 is 1.25 bits per heavy atom. The number of fused-ring (bicyclic) bond motifs is 1. The molecule has 0 aromatic heterocycles. The van der Waals surface area contributed by atoms with Gasteiger partial charge in [-0.3, -0.25) is 0 Å². The Morgan fingerprint density at radius 2 is 2.10 bits per heavy atom. The maximum Gasteiger partial charge on any atom is 0.0208 e. The molecule has 1 heterocycles. The minimum atomic E-state index is 0.655. The van der Waals surface area contributed by atoms with E-state index in [-0.39, 0.29) is 0 Å². The molecular weight excluding hydrogens is 244 g/mol. The number of likely N-dealkylation sites (N-methyl/N-ethyl adjacent to an activating group) is 1. The Labute approximate surface area is 123 Å². The van der Waals surface area contributed by atoms with E-state index in [0.717, 1.165) is 25.0 Å². The average Bonchev–Trinajstić information content (AvgIpc) is 2.47. The Kier molecular flexibility index (Phi) is 4.42. The summed E-state index contributed by atoms with van der Waals surface area (Å²) in [5, 5.41) is 3.58. The van der Waals surface area contributed by atoms with Crippen molar-refractivity contribution in [2.45, 2.75) is 51.1 Å². The highest BCUT2D eigenvalue weighted by Crippen LogP contribution is 2.29. The van der Waals surface area contributed by atoms with E-state index in [9.17, 15) is 0 Å². The second kappa shape index (κ2) is 6.28. The molecule has 1 N–H and O–H groups in total. The van der Waals surface area contributed by atoms with E-state index in [2.05, 4.69) is 48.5 Å². The maximum atomic E-state index is 3.58. The van der Waals surface area contributed by atoms with Crippen molar-refractivity contribution in [1.29, 1.82) is 0 Å². The number of nitrogens with one attached hydrogen (secondary N) is 1. The summed E-state index contributed by atoms with van der Waals surface area (Å²) in [6.07, 6.45) is 5.62. The highest BCUT2D eigenvalue weighted by Gasteiger charge is 2.26. The summed E-state index contributed by atoms with van der Waals surface area (Å²) in [6.45, 7) is 5.78. The van der Waals surface area contributed by atoms with Crippen LogP contribution in [0.4, 0.5) is 0 Å². The molecule has 1 aromatic rings. The number of nitrogens with zero attached hydrogens (tertiary/aromatic N) is 1. The highest BCUT2D eigenvalue weighted by atomic mass is 15.1. The zero-order valence-electron chi connectivity index (χ0n) is 12.9. The van der Waals surface area contributed by atoms with Crippen LogP contribution in [0.2, 0.25) is 0 Å². The van der Waals surface area contributed by atoms with Gasteiger partial charge in [0, 0.05) is 31.6 Å². The third-order valence-corrected chi connectivity index (χ3v) is 5.24. The molecule has 0 saturated heterocycles. The van der Waals surface area contributed by atoms with Gasteiger partial charge < -0.3 is 10.2 Å². The van der Waals surface area contributed by atoms with Gasteiger partial charge in [0.25, 0.3) is 0 Å². The Bertz CT molecular complexity index is 443. The third kappa shape index (κ3) is 3.07. The Hall–Kier alpha value is -0.860. The van der Waals surface area contributed by atoms with Gasteiger partial charge in [0.1, 0.15) is 0 Å². The first kappa shape index (κ1) is 14.1. The molecule has 0 radical (unpaired) electrons. The Balaban J connectivity index is 1.66. The average molecular weight is 272 g/mol. The van der Waals surface area contributed by atoms with Crippen molar-refractivity contribution in [2.75, 3.05) is 20.1 Å². The fourth-order valence-electron chi connectivity index (χ4n) is 4.05. The van der Waals surface area contributed by atoms with E-state index < -0.39 is 0 Å². The van der Waals surface area contributed by atoms with Crippen LogP contribution in [0.15, 0.2) is 24.3 Å². The van der Waals surface area contributed by atoms with Crippen LogP contribution in [0.1, 0.15) is 49.7 Å². The lowest BCUT2D eigenvalue weighted by atomic mass is 9.85. The summed E-state index contributed by atoms with van der Waals surface area (Å²) < 4.78 is 0. The van der Waals surface area contributed by atoms with Crippen LogP contribution in [-0.4, -0.2) is 31.1 Å². The van der Waals surface area contributed by atoms with Crippen molar-refractivity contribution in [3.8, 4) is 0 Å². The minimum Gasteiger partial charge on any atom is -0.312 e. The topological polar surface area (TPSA) is 15.3 Å². The molecule has 0 spiro atoms. The summed E-state index contributed by atoms with van der Waals surface area (Å²) in [4.78, 5) is 2.63. The largest absolute Gasteiger partial charge is 0.312 e. The van der Waals surface area contributed by atoms with Crippen LogP contribution >= 0.6 is 0 Å². The zero-order chi connectivity index (χ0) is 13.9. The van der Waals surface area contributed by atoms with E-state index in [1.165, 1.54) is 37.8 Å².